The summed E-state index contributed by atoms with van der Waals surface area (Å²) in [5.74, 6) is -4.22. The van der Waals surface area contributed by atoms with Gasteiger partial charge in [-0.25, -0.2) is 18.2 Å². The molecule has 0 spiro atoms. The van der Waals surface area contributed by atoms with E-state index < -0.39 is 52.2 Å². The number of benzene rings is 1. The van der Waals surface area contributed by atoms with Crippen molar-refractivity contribution in [3.8, 4) is 11.5 Å². The van der Waals surface area contributed by atoms with Crippen LogP contribution in [0.5, 0.6) is 11.5 Å². The molecule has 4 N–H and O–H groups in total. The molecule has 32 heavy (non-hydrogen) atoms. The molecule has 1 aromatic carbocycles. The van der Waals surface area contributed by atoms with Crippen molar-refractivity contribution in [2.24, 2.45) is 11.1 Å². The fraction of sp³-hybridized carbons (Fsp3) is 0.227. The first-order valence-corrected chi connectivity index (χ1v) is 9.77. The average Bonchev–Trinajstić information content (AvgIpc) is 3.55. The van der Waals surface area contributed by atoms with E-state index in [9.17, 15) is 18.4 Å². The maximum absolute atomic E-state index is 15.2. The molecule has 1 heterocycles. The number of hydrogen-bond donors (Lipinski definition) is 2. The van der Waals surface area contributed by atoms with Crippen molar-refractivity contribution in [1.82, 2.24) is 4.98 Å². The van der Waals surface area contributed by atoms with Crippen molar-refractivity contribution < 1.29 is 27.5 Å². The molecule has 2 aromatic rings. The Morgan fingerprint density at radius 3 is 2.50 bits per heavy atom. The average molecular weight is 444 g/mol. The zero-order valence-electron chi connectivity index (χ0n) is 16.7. The highest BCUT2D eigenvalue weighted by Gasteiger charge is 2.58. The monoisotopic (exact) mass is 444 g/mol. The summed E-state index contributed by atoms with van der Waals surface area (Å²) in [6, 6.07) is 3.49. The van der Waals surface area contributed by atoms with E-state index in [1.807, 2.05) is 0 Å². The van der Waals surface area contributed by atoms with Gasteiger partial charge in [-0.15, -0.1) is 0 Å². The summed E-state index contributed by atoms with van der Waals surface area (Å²) in [6.07, 6.45) is 5.45. The Morgan fingerprint density at radius 1 is 1.16 bits per heavy atom. The second-order valence-corrected chi connectivity index (χ2v) is 7.63. The van der Waals surface area contributed by atoms with Gasteiger partial charge in [-0.05, 0) is 37.5 Å². The minimum Gasteiger partial charge on any atom is -0.454 e. The molecular formula is C22H19F3N4O3. The Kier molecular flexibility index (Phi) is 5.37. The fourth-order valence-electron chi connectivity index (χ4n) is 3.53. The number of hydrogen-bond acceptors (Lipinski definition) is 5. The third-order valence-corrected chi connectivity index (χ3v) is 5.45. The molecule has 1 unspecified atom stereocenters. The van der Waals surface area contributed by atoms with E-state index in [-0.39, 0.29) is 30.8 Å². The lowest BCUT2D eigenvalue weighted by Gasteiger charge is -2.33. The Balaban J connectivity index is 1.72. The zero-order chi connectivity index (χ0) is 23.0. The predicted octanol–water partition coefficient (Wildman–Crippen LogP) is 3.51. The maximum Gasteiger partial charge on any atom is 0.243 e. The van der Waals surface area contributed by atoms with Crippen LogP contribution in [0.15, 0.2) is 54.5 Å². The summed E-state index contributed by atoms with van der Waals surface area (Å²) in [4.78, 5) is 29.9. The topological polar surface area (TPSA) is 112 Å². The van der Waals surface area contributed by atoms with Crippen molar-refractivity contribution in [2.75, 3.05) is 10.6 Å². The first-order chi connectivity index (χ1) is 15.2. The van der Waals surface area contributed by atoms with Crippen molar-refractivity contribution in [2.45, 2.75) is 25.3 Å². The highest BCUT2D eigenvalue weighted by atomic mass is 19.1. The molecule has 2 amide bonds. The third-order valence-electron chi connectivity index (χ3n) is 5.45. The first-order valence-electron chi connectivity index (χ1n) is 9.77. The summed E-state index contributed by atoms with van der Waals surface area (Å²) >= 11 is 0. The van der Waals surface area contributed by atoms with Crippen LogP contribution in [-0.2, 0) is 9.59 Å². The molecule has 0 aliphatic heterocycles. The normalized spacial score (nSPS) is 18.6. The van der Waals surface area contributed by atoms with Gasteiger partial charge in [0, 0.05) is 24.4 Å². The number of nitrogens with zero attached hydrogens (tertiary/aromatic N) is 2. The van der Waals surface area contributed by atoms with Gasteiger partial charge in [0.25, 0.3) is 0 Å². The second-order valence-electron chi connectivity index (χ2n) is 7.63. The van der Waals surface area contributed by atoms with Crippen LogP contribution in [0.3, 0.4) is 0 Å². The van der Waals surface area contributed by atoms with Crippen LogP contribution in [0.25, 0.3) is 0 Å². The van der Waals surface area contributed by atoms with E-state index in [1.54, 1.807) is 0 Å². The number of nitrogen functional groups attached to an aromatic ring is 1. The Labute approximate surface area is 181 Å². The van der Waals surface area contributed by atoms with Crippen molar-refractivity contribution >= 4 is 23.3 Å². The number of primary amides is 1. The highest BCUT2D eigenvalue weighted by molar-refractivity contribution is 6.14. The lowest BCUT2D eigenvalue weighted by Crippen LogP contribution is -2.48. The van der Waals surface area contributed by atoms with Gasteiger partial charge in [0.1, 0.15) is 22.8 Å². The highest BCUT2D eigenvalue weighted by Crippen LogP contribution is 2.49. The van der Waals surface area contributed by atoms with E-state index in [4.69, 9.17) is 16.2 Å². The van der Waals surface area contributed by atoms with Crippen LogP contribution in [0.4, 0.5) is 24.7 Å². The van der Waals surface area contributed by atoms with Gasteiger partial charge in [0.05, 0.1) is 11.7 Å². The van der Waals surface area contributed by atoms with Crippen molar-refractivity contribution in [3.63, 3.8) is 0 Å². The van der Waals surface area contributed by atoms with E-state index >= 15 is 4.39 Å². The summed E-state index contributed by atoms with van der Waals surface area (Å²) in [6.45, 7) is 0. The number of nitrogens with two attached hydrogens (primary N) is 2. The molecule has 0 saturated heterocycles. The van der Waals surface area contributed by atoms with Gasteiger partial charge in [-0.3, -0.25) is 9.59 Å². The smallest absolute Gasteiger partial charge is 0.243 e. The van der Waals surface area contributed by atoms with Gasteiger partial charge >= 0.3 is 0 Å². The van der Waals surface area contributed by atoms with E-state index in [0.29, 0.717) is 0 Å². The number of rotatable bonds is 6. The largest absolute Gasteiger partial charge is 0.454 e. The number of allylic oxidation sites excluding steroid dienone is 2. The number of anilines is 2. The molecule has 7 nitrogen and oxygen atoms in total. The molecule has 10 heteroatoms. The zero-order valence-corrected chi connectivity index (χ0v) is 16.7. The molecule has 1 saturated carbocycles. The van der Waals surface area contributed by atoms with E-state index in [2.05, 4.69) is 4.98 Å². The number of carbonyl (C=O) groups is 2. The van der Waals surface area contributed by atoms with Gasteiger partial charge in [-0.1, -0.05) is 6.08 Å². The number of amides is 2. The first kappa shape index (κ1) is 21.4. The molecule has 0 bridgehead atoms. The van der Waals surface area contributed by atoms with Crippen LogP contribution < -0.4 is 21.1 Å². The molecule has 2 aliphatic rings. The minimum absolute atomic E-state index is 0.0124. The third kappa shape index (κ3) is 3.91. The summed E-state index contributed by atoms with van der Waals surface area (Å²) < 4.78 is 48.9. The SMILES string of the molecule is NC(=O)C1(C(=O)N(c2cc(F)c(Oc3ccnc(N)c3)cc2F)C2C=CC(F)=CC2)CC1. The predicted molar refractivity (Wildman–Crippen MR) is 110 cm³/mol. The Morgan fingerprint density at radius 2 is 1.91 bits per heavy atom. The molecule has 4 rings (SSSR count). The maximum atomic E-state index is 15.2. The van der Waals surface area contributed by atoms with Crippen LogP contribution in [-0.4, -0.2) is 22.8 Å². The number of ether oxygens (including phenoxy) is 1. The summed E-state index contributed by atoms with van der Waals surface area (Å²) in [5.41, 5.74) is 9.08. The van der Waals surface area contributed by atoms with Gasteiger partial charge < -0.3 is 21.1 Å². The molecule has 1 atom stereocenters. The molecule has 2 aliphatic carbocycles. The summed E-state index contributed by atoms with van der Waals surface area (Å²) in [5, 5.41) is 0. The van der Waals surface area contributed by atoms with Crippen LogP contribution in [0.2, 0.25) is 0 Å². The number of pyridine rings is 1. The Hall–Kier alpha value is -3.82. The van der Waals surface area contributed by atoms with Gasteiger partial charge in [0.15, 0.2) is 17.4 Å². The lowest BCUT2D eigenvalue weighted by molar-refractivity contribution is -0.134. The van der Waals surface area contributed by atoms with Gasteiger partial charge in [0.2, 0.25) is 11.8 Å². The molecule has 0 radical (unpaired) electrons. The van der Waals surface area contributed by atoms with Gasteiger partial charge in [-0.2, -0.15) is 0 Å². The van der Waals surface area contributed by atoms with Crippen molar-refractivity contribution in [3.05, 3.63) is 66.2 Å². The van der Waals surface area contributed by atoms with Crippen LogP contribution in [0.1, 0.15) is 19.3 Å². The van der Waals surface area contributed by atoms with Crippen LogP contribution in [0, 0.1) is 17.0 Å². The number of aromatic nitrogens is 1. The van der Waals surface area contributed by atoms with E-state index in [0.717, 1.165) is 23.1 Å². The molecule has 1 aromatic heterocycles. The Bertz CT molecular complexity index is 1160. The second kappa shape index (κ2) is 8.03. The molecular weight excluding hydrogens is 425 g/mol. The van der Waals surface area contributed by atoms with Crippen LogP contribution >= 0.6 is 0 Å². The number of carbonyl (C=O) groups excluding carboxylic acids is 2. The minimum atomic E-state index is -1.49. The quantitative estimate of drug-likeness (QED) is 0.663. The number of halogens is 3. The van der Waals surface area contributed by atoms with Crippen molar-refractivity contribution in [1.29, 1.82) is 0 Å². The fourth-order valence-corrected chi connectivity index (χ4v) is 3.53. The van der Waals surface area contributed by atoms with E-state index in [1.165, 1.54) is 30.5 Å². The summed E-state index contributed by atoms with van der Waals surface area (Å²) in [7, 11) is 0. The lowest BCUT2D eigenvalue weighted by atomic mass is 9.99. The molecule has 166 valence electrons. The molecule has 1 fully saturated rings. The standard InChI is InChI=1S/C22H19F3N4O3/c23-12-1-3-13(4-2-12)29(21(31)22(6-7-22)20(27)30)17-10-16(25)18(11-15(17)24)32-14-5-8-28-19(26)9-14/h1-3,5,8-11,13H,4,6-7H2,(H2,26,28)(H2,27,30).